The summed E-state index contributed by atoms with van der Waals surface area (Å²) >= 11 is 5.32. The van der Waals surface area contributed by atoms with Gasteiger partial charge in [0.25, 0.3) is 0 Å². The standard InChI is InChI=1S/C18H22N6OS/c1-12(2)24-15(8-10-19-24)20-16(25)9-11-23-17(21-22-18(23)26)14-6-4-13(3)5-7-14/h4-8,10,12H,9,11H2,1-3H3,(H,20,25)(H,22,26). The minimum Gasteiger partial charge on any atom is -0.311 e. The van der Waals surface area contributed by atoms with Crippen LogP contribution in [0.4, 0.5) is 5.82 Å². The molecule has 26 heavy (non-hydrogen) atoms. The second kappa shape index (κ2) is 7.65. The predicted octanol–water partition coefficient (Wildman–Crippen LogP) is 3.72. The molecule has 0 saturated carbocycles. The molecule has 2 aromatic heterocycles. The van der Waals surface area contributed by atoms with Crippen LogP contribution >= 0.6 is 12.2 Å². The van der Waals surface area contributed by atoms with Crippen LogP contribution < -0.4 is 5.32 Å². The van der Waals surface area contributed by atoms with Crippen LogP contribution in [0.15, 0.2) is 36.5 Å². The molecule has 7 nitrogen and oxygen atoms in total. The van der Waals surface area contributed by atoms with Crippen LogP contribution in [0.25, 0.3) is 11.4 Å². The van der Waals surface area contributed by atoms with Crippen LogP contribution in [-0.4, -0.2) is 30.5 Å². The molecule has 1 amide bonds. The Hall–Kier alpha value is -2.74. The Kier molecular flexibility index (Phi) is 5.32. The van der Waals surface area contributed by atoms with Crippen LogP contribution in [0.1, 0.15) is 31.9 Å². The highest BCUT2D eigenvalue weighted by Crippen LogP contribution is 2.19. The lowest BCUT2D eigenvalue weighted by Gasteiger charge is -2.12. The Balaban J connectivity index is 1.71. The van der Waals surface area contributed by atoms with Crippen LogP contribution in [0.3, 0.4) is 0 Å². The molecule has 0 saturated heterocycles. The van der Waals surface area contributed by atoms with E-state index in [0.29, 0.717) is 17.1 Å². The molecule has 2 heterocycles. The Bertz CT molecular complexity index is 951. The van der Waals surface area contributed by atoms with Gasteiger partial charge in [0.05, 0.1) is 6.20 Å². The largest absolute Gasteiger partial charge is 0.311 e. The second-order valence-electron chi connectivity index (χ2n) is 6.42. The average Bonchev–Trinajstić information content (AvgIpc) is 3.20. The predicted molar refractivity (Wildman–Crippen MR) is 103 cm³/mol. The van der Waals surface area contributed by atoms with E-state index in [1.165, 1.54) is 5.56 Å². The number of anilines is 1. The fraction of sp³-hybridized carbons (Fsp3) is 0.333. The first-order valence-corrected chi connectivity index (χ1v) is 8.92. The molecular formula is C18H22N6OS. The molecule has 0 aliphatic carbocycles. The first kappa shape index (κ1) is 18.1. The van der Waals surface area contributed by atoms with Gasteiger partial charge in [-0.25, -0.2) is 4.68 Å². The topological polar surface area (TPSA) is 80.5 Å². The summed E-state index contributed by atoms with van der Waals surface area (Å²) in [6.45, 7) is 6.51. The lowest BCUT2D eigenvalue weighted by atomic mass is 10.1. The van der Waals surface area contributed by atoms with E-state index in [1.54, 1.807) is 16.9 Å². The molecule has 0 aliphatic rings. The van der Waals surface area contributed by atoms with Crippen molar-refractivity contribution >= 4 is 23.9 Å². The van der Waals surface area contributed by atoms with E-state index in [9.17, 15) is 4.79 Å². The number of amides is 1. The van der Waals surface area contributed by atoms with Gasteiger partial charge in [0.15, 0.2) is 10.6 Å². The number of aromatic nitrogens is 5. The molecule has 2 N–H and O–H groups in total. The van der Waals surface area contributed by atoms with Crippen LogP contribution in [-0.2, 0) is 11.3 Å². The summed E-state index contributed by atoms with van der Waals surface area (Å²) in [7, 11) is 0. The first-order valence-electron chi connectivity index (χ1n) is 8.51. The van der Waals surface area contributed by atoms with Crippen LogP contribution in [0.2, 0.25) is 0 Å². The van der Waals surface area contributed by atoms with E-state index in [-0.39, 0.29) is 18.4 Å². The molecule has 0 fully saturated rings. The monoisotopic (exact) mass is 370 g/mol. The van der Waals surface area contributed by atoms with Gasteiger partial charge in [-0.2, -0.15) is 10.2 Å². The van der Waals surface area contributed by atoms with Crippen molar-refractivity contribution in [2.24, 2.45) is 0 Å². The van der Waals surface area contributed by atoms with Gasteiger partial charge in [-0.05, 0) is 33.0 Å². The number of benzene rings is 1. The number of aryl methyl sites for hydroxylation is 1. The van der Waals surface area contributed by atoms with Crippen molar-refractivity contribution < 1.29 is 4.79 Å². The number of carbonyl (C=O) groups excluding carboxylic acids is 1. The summed E-state index contributed by atoms with van der Waals surface area (Å²) < 4.78 is 4.12. The quantitative estimate of drug-likeness (QED) is 0.648. The molecule has 136 valence electrons. The summed E-state index contributed by atoms with van der Waals surface area (Å²) in [5.41, 5.74) is 2.14. The number of rotatable bonds is 6. The lowest BCUT2D eigenvalue weighted by Crippen LogP contribution is -2.18. The summed E-state index contributed by atoms with van der Waals surface area (Å²) in [4.78, 5) is 12.4. The first-order chi connectivity index (χ1) is 12.5. The molecular weight excluding hydrogens is 348 g/mol. The third kappa shape index (κ3) is 3.91. The van der Waals surface area contributed by atoms with Gasteiger partial charge in [-0.1, -0.05) is 29.8 Å². The fourth-order valence-corrected chi connectivity index (χ4v) is 2.91. The van der Waals surface area contributed by atoms with Gasteiger partial charge >= 0.3 is 0 Å². The Labute approximate surface area is 157 Å². The molecule has 0 spiro atoms. The average molecular weight is 370 g/mol. The normalized spacial score (nSPS) is 11.1. The van der Waals surface area contributed by atoms with E-state index in [1.807, 2.05) is 49.6 Å². The summed E-state index contributed by atoms with van der Waals surface area (Å²) in [6.07, 6.45) is 1.97. The summed E-state index contributed by atoms with van der Waals surface area (Å²) in [5.74, 6) is 1.33. The van der Waals surface area contributed by atoms with Crippen LogP contribution in [0.5, 0.6) is 0 Å². The van der Waals surface area contributed by atoms with Crippen molar-refractivity contribution in [3.05, 3.63) is 46.9 Å². The van der Waals surface area contributed by atoms with Crippen molar-refractivity contribution in [3.63, 3.8) is 0 Å². The Morgan fingerprint density at radius 3 is 2.69 bits per heavy atom. The molecule has 0 radical (unpaired) electrons. The van der Waals surface area contributed by atoms with E-state index >= 15 is 0 Å². The maximum atomic E-state index is 12.4. The number of carbonyl (C=O) groups is 1. The van der Waals surface area contributed by atoms with E-state index < -0.39 is 0 Å². The zero-order valence-electron chi connectivity index (χ0n) is 15.1. The van der Waals surface area contributed by atoms with Crippen molar-refractivity contribution in [1.82, 2.24) is 24.5 Å². The second-order valence-corrected chi connectivity index (χ2v) is 6.81. The lowest BCUT2D eigenvalue weighted by molar-refractivity contribution is -0.116. The van der Waals surface area contributed by atoms with Crippen LogP contribution in [0, 0.1) is 11.7 Å². The molecule has 0 aliphatic heterocycles. The minimum atomic E-state index is -0.0923. The zero-order valence-corrected chi connectivity index (χ0v) is 15.9. The van der Waals surface area contributed by atoms with E-state index in [0.717, 1.165) is 11.4 Å². The molecule has 1 aromatic carbocycles. The Morgan fingerprint density at radius 2 is 2.00 bits per heavy atom. The van der Waals surface area contributed by atoms with Gasteiger partial charge in [0, 0.05) is 30.6 Å². The van der Waals surface area contributed by atoms with Gasteiger partial charge in [0.1, 0.15) is 5.82 Å². The number of hydrogen-bond donors (Lipinski definition) is 2. The highest BCUT2D eigenvalue weighted by atomic mass is 32.1. The fourth-order valence-electron chi connectivity index (χ4n) is 2.69. The summed E-state index contributed by atoms with van der Waals surface area (Å²) in [6, 6.07) is 10.0. The number of nitrogens with zero attached hydrogens (tertiary/aromatic N) is 4. The highest BCUT2D eigenvalue weighted by Gasteiger charge is 2.13. The Morgan fingerprint density at radius 1 is 1.27 bits per heavy atom. The molecule has 0 bridgehead atoms. The van der Waals surface area contributed by atoms with Crippen molar-refractivity contribution in [1.29, 1.82) is 0 Å². The number of aromatic amines is 1. The maximum Gasteiger partial charge on any atom is 0.227 e. The molecule has 0 unspecified atom stereocenters. The zero-order chi connectivity index (χ0) is 18.7. The maximum absolute atomic E-state index is 12.4. The van der Waals surface area contributed by atoms with Gasteiger partial charge in [-0.15, -0.1) is 0 Å². The minimum absolute atomic E-state index is 0.0923. The van der Waals surface area contributed by atoms with Crippen molar-refractivity contribution in [2.45, 2.75) is 39.8 Å². The smallest absolute Gasteiger partial charge is 0.227 e. The molecule has 8 heteroatoms. The molecule has 3 rings (SSSR count). The SMILES string of the molecule is Cc1ccc(-c2n[nH]c(=S)n2CCC(=O)Nc2ccnn2C(C)C)cc1. The van der Waals surface area contributed by atoms with Gasteiger partial charge in [-0.3, -0.25) is 14.5 Å². The van der Waals surface area contributed by atoms with E-state index in [4.69, 9.17) is 12.2 Å². The third-order valence-electron chi connectivity index (χ3n) is 4.06. The molecule has 3 aromatic rings. The summed E-state index contributed by atoms with van der Waals surface area (Å²) in [5, 5.41) is 14.2. The number of nitrogens with one attached hydrogen (secondary N) is 2. The van der Waals surface area contributed by atoms with Gasteiger partial charge < -0.3 is 5.32 Å². The number of H-pyrrole nitrogens is 1. The van der Waals surface area contributed by atoms with E-state index in [2.05, 4.69) is 20.6 Å². The van der Waals surface area contributed by atoms with Gasteiger partial charge in [0.2, 0.25) is 5.91 Å². The van der Waals surface area contributed by atoms with Crippen molar-refractivity contribution in [2.75, 3.05) is 5.32 Å². The third-order valence-corrected chi connectivity index (χ3v) is 4.37. The highest BCUT2D eigenvalue weighted by molar-refractivity contribution is 7.71. The molecule has 0 atom stereocenters. The number of hydrogen-bond acceptors (Lipinski definition) is 4. The van der Waals surface area contributed by atoms with Crippen molar-refractivity contribution in [3.8, 4) is 11.4 Å².